The quantitative estimate of drug-likeness (QED) is 0.726. The van der Waals surface area contributed by atoms with Gasteiger partial charge in [-0.05, 0) is 19.8 Å². The molecule has 0 unspecified atom stereocenters. The maximum absolute atomic E-state index is 11.6. The lowest BCUT2D eigenvalue weighted by Gasteiger charge is -2.19. The first-order chi connectivity index (χ1) is 7.59. The first-order valence-electron chi connectivity index (χ1n) is 5.78. The largest absolute Gasteiger partial charge is 0.351 e. The molecule has 4 nitrogen and oxygen atoms in total. The lowest BCUT2D eigenvalue weighted by atomic mass is 10.2. The van der Waals surface area contributed by atoms with Crippen LogP contribution in [-0.2, 0) is 9.59 Å². The summed E-state index contributed by atoms with van der Waals surface area (Å²) in [4.78, 5) is 24.8. The first-order valence-corrected chi connectivity index (χ1v) is 5.78. The highest BCUT2D eigenvalue weighted by atomic mass is 16.2. The molecular formula is C12H20N2O2. The van der Waals surface area contributed by atoms with E-state index in [9.17, 15) is 9.59 Å². The van der Waals surface area contributed by atoms with Gasteiger partial charge in [-0.15, -0.1) is 0 Å². The molecule has 1 aliphatic heterocycles. The summed E-state index contributed by atoms with van der Waals surface area (Å²) in [5, 5.41) is 2.74. The van der Waals surface area contributed by atoms with Crippen molar-refractivity contribution in [2.45, 2.75) is 32.6 Å². The van der Waals surface area contributed by atoms with Gasteiger partial charge in [0.15, 0.2) is 0 Å². The Morgan fingerprint density at radius 1 is 1.44 bits per heavy atom. The monoisotopic (exact) mass is 224 g/mol. The van der Waals surface area contributed by atoms with E-state index in [1.165, 1.54) is 0 Å². The van der Waals surface area contributed by atoms with Gasteiger partial charge in [0, 0.05) is 19.5 Å². The van der Waals surface area contributed by atoms with E-state index in [0.717, 1.165) is 24.8 Å². The topological polar surface area (TPSA) is 49.4 Å². The van der Waals surface area contributed by atoms with Crippen LogP contribution >= 0.6 is 0 Å². The lowest BCUT2D eigenvalue weighted by molar-refractivity contribution is -0.135. The van der Waals surface area contributed by atoms with Crippen molar-refractivity contribution < 1.29 is 9.59 Å². The summed E-state index contributed by atoms with van der Waals surface area (Å²) >= 11 is 0. The number of hydrogen-bond acceptors (Lipinski definition) is 2. The molecule has 0 aromatic carbocycles. The van der Waals surface area contributed by atoms with Gasteiger partial charge in [0.25, 0.3) is 0 Å². The number of likely N-dealkylation sites (tertiary alicyclic amines) is 1. The Bertz CT molecular complexity index is 287. The predicted octanol–water partition coefficient (Wildman–Crippen LogP) is 1.08. The molecule has 2 amide bonds. The minimum absolute atomic E-state index is 0.0988. The van der Waals surface area contributed by atoms with Gasteiger partial charge in [-0.25, -0.2) is 0 Å². The number of nitrogens with one attached hydrogen (secondary N) is 1. The van der Waals surface area contributed by atoms with Gasteiger partial charge in [-0.2, -0.15) is 0 Å². The SMILES string of the molecule is C=C(C)CNC(=O)CN1CCCCCC1=O. The van der Waals surface area contributed by atoms with Crippen LogP contribution in [0.1, 0.15) is 32.6 Å². The van der Waals surface area contributed by atoms with Gasteiger partial charge in [0.05, 0.1) is 6.54 Å². The Morgan fingerprint density at radius 2 is 2.19 bits per heavy atom. The lowest BCUT2D eigenvalue weighted by Crippen LogP contribution is -2.40. The molecule has 1 rings (SSSR count). The zero-order valence-electron chi connectivity index (χ0n) is 9.92. The second-order valence-electron chi connectivity index (χ2n) is 4.36. The summed E-state index contributed by atoms with van der Waals surface area (Å²) in [6.07, 6.45) is 3.60. The molecule has 0 aliphatic carbocycles. The molecule has 0 atom stereocenters. The van der Waals surface area contributed by atoms with Crippen molar-refractivity contribution in [1.29, 1.82) is 0 Å². The van der Waals surface area contributed by atoms with E-state index < -0.39 is 0 Å². The molecule has 0 spiro atoms. The summed E-state index contributed by atoms with van der Waals surface area (Å²) in [5.74, 6) is 0.00113. The van der Waals surface area contributed by atoms with Crippen LogP contribution in [0, 0.1) is 0 Å². The van der Waals surface area contributed by atoms with Gasteiger partial charge in [0.1, 0.15) is 0 Å². The Morgan fingerprint density at radius 3 is 2.88 bits per heavy atom. The summed E-state index contributed by atoms with van der Waals surface area (Å²) in [5.41, 5.74) is 0.913. The maximum atomic E-state index is 11.6. The molecule has 1 heterocycles. The fourth-order valence-electron chi connectivity index (χ4n) is 1.68. The van der Waals surface area contributed by atoms with Crippen LogP contribution in [0.4, 0.5) is 0 Å². The number of carbonyl (C=O) groups is 2. The minimum atomic E-state index is -0.0988. The highest BCUT2D eigenvalue weighted by Gasteiger charge is 2.18. The van der Waals surface area contributed by atoms with E-state index in [2.05, 4.69) is 11.9 Å². The van der Waals surface area contributed by atoms with Crippen LogP contribution in [0.15, 0.2) is 12.2 Å². The number of rotatable bonds is 4. The van der Waals surface area contributed by atoms with Gasteiger partial charge >= 0.3 is 0 Å². The average Bonchev–Trinajstić information content (AvgIpc) is 2.42. The number of amides is 2. The van der Waals surface area contributed by atoms with Crippen LogP contribution in [0.25, 0.3) is 0 Å². The summed E-state index contributed by atoms with van der Waals surface area (Å²) in [7, 11) is 0. The molecule has 16 heavy (non-hydrogen) atoms. The van der Waals surface area contributed by atoms with Crippen LogP contribution in [0.2, 0.25) is 0 Å². The molecule has 0 saturated carbocycles. The third kappa shape index (κ3) is 4.47. The summed E-state index contributed by atoms with van der Waals surface area (Å²) < 4.78 is 0. The molecular weight excluding hydrogens is 204 g/mol. The van der Waals surface area contributed by atoms with Gasteiger partial charge in [-0.1, -0.05) is 18.6 Å². The van der Waals surface area contributed by atoms with E-state index in [1.54, 1.807) is 4.90 Å². The van der Waals surface area contributed by atoms with E-state index in [-0.39, 0.29) is 18.4 Å². The number of hydrogen-bond donors (Lipinski definition) is 1. The number of nitrogens with zero attached hydrogens (tertiary/aromatic N) is 1. The molecule has 1 fully saturated rings. The van der Waals surface area contributed by atoms with Crippen molar-refractivity contribution in [2.75, 3.05) is 19.6 Å². The molecule has 0 aromatic rings. The minimum Gasteiger partial charge on any atom is -0.351 e. The van der Waals surface area contributed by atoms with E-state index in [0.29, 0.717) is 19.5 Å². The molecule has 90 valence electrons. The fraction of sp³-hybridized carbons (Fsp3) is 0.667. The zero-order valence-corrected chi connectivity index (χ0v) is 9.92. The normalized spacial score (nSPS) is 16.8. The van der Waals surface area contributed by atoms with E-state index in [4.69, 9.17) is 0 Å². The Labute approximate surface area is 96.7 Å². The fourth-order valence-corrected chi connectivity index (χ4v) is 1.68. The molecule has 4 heteroatoms. The van der Waals surface area contributed by atoms with Gasteiger partial charge in [-0.3, -0.25) is 9.59 Å². The van der Waals surface area contributed by atoms with Gasteiger partial charge < -0.3 is 10.2 Å². The molecule has 0 aromatic heterocycles. The summed E-state index contributed by atoms with van der Waals surface area (Å²) in [6, 6.07) is 0. The first kappa shape index (κ1) is 12.7. The van der Waals surface area contributed by atoms with Gasteiger partial charge in [0.2, 0.25) is 11.8 Å². The number of carbonyl (C=O) groups excluding carboxylic acids is 2. The van der Waals surface area contributed by atoms with E-state index >= 15 is 0 Å². The Kier molecular flexibility index (Phi) is 5.02. The van der Waals surface area contributed by atoms with Crippen LogP contribution < -0.4 is 5.32 Å². The van der Waals surface area contributed by atoms with Crippen molar-refractivity contribution in [3.63, 3.8) is 0 Å². The van der Waals surface area contributed by atoms with Crippen LogP contribution in [0.3, 0.4) is 0 Å². The second kappa shape index (κ2) is 6.30. The smallest absolute Gasteiger partial charge is 0.239 e. The summed E-state index contributed by atoms with van der Waals surface area (Å²) in [6.45, 7) is 6.95. The molecule has 1 saturated heterocycles. The Balaban J connectivity index is 2.36. The Hall–Kier alpha value is -1.32. The van der Waals surface area contributed by atoms with Crippen molar-refractivity contribution in [2.24, 2.45) is 0 Å². The second-order valence-corrected chi connectivity index (χ2v) is 4.36. The predicted molar refractivity (Wildman–Crippen MR) is 62.9 cm³/mol. The van der Waals surface area contributed by atoms with E-state index in [1.807, 2.05) is 6.92 Å². The van der Waals surface area contributed by atoms with Crippen molar-refractivity contribution in [1.82, 2.24) is 10.2 Å². The van der Waals surface area contributed by atoms with Crippen molar-refractivity contribution in [3.05, 3.63) is 12.2 Å². The molecule has 1 N–H and O–H groups in total. The average molecular weight is 224 g/mol. The van der Waals surface area contributed by atoms with Crippen molar-refractivity contribution >= 4 is 11.8 Å². The highest BCUT2D eigenvalue weighted by molar-refractivity contribution is 5.84. The highest BCUT2D eigenvalue weighted by Crippen LogP contribution is 2.10. The van der Waals surface area contributed by atoms with Crippen LogP contribution in [-0.4, -0.2) is 36.3 Å². The molecule has 1 aliphatic rings. The molecule has 0 radical (unpaired) electrons. The molecule has 0 bridgehead atoms. The third-order valence-electron chi connectivity index (χ3n) is 2.59. The maximum Gasteiger partial charge on any atom is 0.239 e. The standard InChI is InChI=1S/C12H20N2O2/c1-10(2)8-13-11(15)9-14-7-5-3-4-6-12(14)16/h1,3-9H2,2H3,(H,13,15). The zero-order chi connectivity index (χ0) is 12.0. The van der Waals surface area contributed by atoms with Crippen LogP contribution in [0.5, 0.6) is 0 Å². The van der Waals surface area contributed by atoms with Crippen molar-refractivity contribution in [3.8, 4) is 0 Å². The third-order valence-corrected chi connectivity index (χ3v) is 2.59.